The van der Waals surface area contributed by atoms with Crippen LogP contribution < -0.4 is 20.4 Å². The van der Waals surface area contributed by atoms with Gasteiger partial charge in [-0.15, -0.1) is 0 Å². The van der Waals surface area contributed by atoms with Crippen LogP contribution in [-0.2, 0) is 11.4 Å². The molecule has 0 unspecified atom stereocenters. The summed E-state index contributed by atoms with van der Waals surface area (Å²) in [6, 6.07) is 11.3. The van der Waals surface area contributed by atoms with Crippen LogP contribution in [0, 0.1) is 0 Å². The van der Waals surface area contributed by atoms with E-state index in [1.54, 1.807) is 36.4 Å². The average molecular weight is 381 g/mol. The molecule has 0 saturated carbocycles. The summed E-state index contributed by atoms with van der Waals surface area (Å²) in [5.74, 6) is 0.574. The van der Waals surface area contributed by atoms with Crippen LogP contribution >= 0.6 is 0 Å². The molecule has 144 valence electrons. The smallest absolute Gasteiger partial charge is 0.336 e. The Labute approximate surface area is 160 Å². The highest BCUT2D eigenvalue weighted by molar-refractivity contribution is 5.94. The van der Waals surface area contributed by atoms with Crippen molar-refractivity contribution in [2.75, 3.05) is 12.4 Å². The van der Waals surface area contributed by atoms with Crippen molar-refractivity contribution in [1.82, 2.24) is 0 Å². The van der Waals surface area contributed by atoms with Crippen molar-refractivity contribution in [3.8, 4) is 11.5 Å². The standard InChI is InChI=1S/C21H19NO6/c1-12(23)14-4-7-18(20(8-14)26-3)27-11-15-9-21(25)28-19-10-16(22-13(2)24)5-6-17(15)19/h4-10H,11H2,1-3H3,(H,22,24). The Morgan fingerprint density at radius 1 is 1.04 bits per heavy atom. The first kappa shape index (κ1) is 19.2. The second kappa shape index (κ2) is 7.96. The van der Waals surface area contributed by atoms with Crippen molar-refractivity contribution < 1.29 is 23.5 Å². The number of anilines is 1. The molecule has 7 nitrogen and oxygen atoms in total. The number of hydrogen-bond donors (Lipinski definition) is 1. The second-order valence-corrected chi connectivity index (χ2v) is 6.19. The van der Waals surface area contributed by atoms with E-state index in [-0.39, 0.29) is 18.3 Å². The summed E-state index contributed by atoms with van der Waals surface area (Å²) in [5, 5.41) is 3.33. The Bertz CT molecular complexity index is 1120. The van der Waals surface area contributed by atoms with Gasteiger partial charge in [0.15, 0.2) is 17.3 Å². The van der Waals surface area contributed by atoms with Crippen molar-refractivity contribution in [2.24, 2.45) is 0 Å². The van der Waals surface area contributed by atoms with E-state index in [1.807, 2.05) is 0 Å². The fourth-order valence-electron chi connectivity index (χ4n) is 2.79. The third-order valence-electron chi connectivity index (χ3n) is 4.10. The molecule has 0 radical (unpaired) electrons. The Morgan fingerprint density at radius 3 is 2.50 bits per heavy atom. The van der Waals surface area contributed by atoms with E-state index in [4.69, 9.17) is 13.9 Å². The molecule has 7 heteroatoms. The van der Waals surface area contributed by atoms with Gasteiger partial charge in [0.2, 0.25) is 5.91 Å². The van der Waals surface area contributed by atoms with Crippen LogP contribution in [0.5, 0.6) is 11.5 Å². The predicted octanol–water partition coefficient (Wildman–Crippen LogP) is 3.54. The summed E-state index contributed by atoms with van der Waals surface area (Å²) in [5.41, 5.74) is 1.49. The van der Waals surface area contributed by atoms with E-state index >= 15 is 0 Å². The molecule has 1 amide bonds. The molecule has 28 heavy (non-hydrogen) atoms. The lowest BCUT2D eigenvalue weighted by Gasteiger charge is -2.13. The highest BCUT2D eigenvalue weighted by Crippen LogP contribution is 2.30. The summed E-state index contributed by atoms with van der Waals surface area (Å²) < 4.78 is 16.3. The minimum atomic E-state index is -0.523. The van der Waals surface area contributed by atoms with E-state index in [1.165, 1.54) is 27.0 Å². The van der Waals surface area contributed by atoms with E-state index in [0.717, 1.165) is 0 Å². The SMILES string of the molecule is COc1cc(C(C)=O)ccc1OCc1cc(=O)oc2cc(NC(C)=O)ccc12. The van der Waals surface area contributed by atoms with Gasteiger partial charge in [0.05, 0.1) is 7.11 Å². The molecule has 3 aromatic rings. The number of methoxy groups -OCH3 is 1. The van der Waals surface area contributed by atoms with Gasteiger partial charge in [0, 0.05) is 41.3 Å². The minimum absolute atomic E-state index is 0.0773. The summed E-state index contributed by atoms with van der Waals surface area (Å²) in [6.07, 6.45) is 0. The molecule has 2 aromatic carbocycles. The molecule has 0 bridgehead atoms. The van der Waals surface area contributed by atoms with E-state index in [0.29, 0.717) is 39.3 Å². The van der Waals surface area contributed by atoms with E-state index in [9.17, 15) is 14.4 Å². The normalized spacial score (nSPS) is 10.5. The number of ketones is 1. The molecule has 0 aliphatic heterocycles. The minimum Gasteiger partial charge on any atom is -0.493 e. The van der Waals surface area contributed by atoms with Gasteiger partial charge in [-0.25, -0.2) is 4.79 Å². The zero-order valence-corrected chi connectivity index (χ0v) is 15.7. The number of benzene rings is 2. The molecular weight excluding hydrogens is 362 g/mol. The molecule has 0 aliphatic carbocycles. The van der Waals surface area contributed by atoms with Crippen LogP contribution in [0.2, 0.25) is 0 Å². The van der Waals surface area contributed by atoms with Crippen LogP contribution in [-0.4, -0.2) is 18.8 Å². The molecule has 3 rings (SSSR count). The van der Waals surface area contributed by atoms with Crippen LogP contribution in [0.1, 0.15) is 29.8 Å². The van der Waals surface area contributed by atoms with Gasteiger partial charge in [0.1, 0.15) is 12.2 Å². The number of fused-ring (bicyclic) bond motifs is 1. The maximum Gasteiger partial charge on any atom is 0.336 e. The number of ether oxygens (including phenoxy) is 2. The maximum absolute atomic E-state index is 11.9. The summed E-state index contributed by atoms with van der Waals surface area (Å²) in [6.45, 7) is 2.96. The van der Waals surface area contributed by atoms with Crippen molar-refractivity contribution in [3.63, 3.8) is 0 Å². The van der Waals surface area contributed by atoms with Crippen molar-refractivity contribution in [2.45, 2.75) is 20.5 Å². The van der Waals surface area contributed by atoms with Crippen LogP contribution in [0.4, 0.5) is 5.69 Å². The monoisotopic (exact) mass is 381 g/mol. The summed E-state index contributed by atoms with van der Waals surface area (Å²) >= 11 is 0. The number of nitrogens with one attached hydrogen (secondary N) is 1. The zero-order valence-electron chi connectivity index (χ0n) is 15.7. The molecule has 0 atom stereocenters. The van der Waals surface area contributed by atoms with Crippen LogP contribution in [0.25, 0.3) is 11.0 Å². The third-order valence-corrected chi connectivity index (χ3v) is 4.10. The highest BCUT2D eigenvalue weighted by atomic mass is 16.5. The second-order valence-electron chi connectivity index (χ2n) is 6.19. The number of carbonyl (C=O) groups is 2. The van der Waals surface area contributed by atoms with Crippen molar-refractivity contribution >= 4 is 28.3 Å². The molecule has 0 aliphatic rings. The van der Waals surface area contributed by atoms with Gasteiger partial charge in [-0.2, -0.15) is 0 Å². The molecule has 1 aromatic heterocycles. The lowest BCUT2D eigenvalue weighted by atomic mass is 10.1. The fraction of sp³-hybridized carbons (Fsp3) is 0.190. The number of carbonyl (C=O) groups excluding carboxylic acids is 2. The zero-order chi connectivity index (χ0) is 20.3. The topological polar surface area (TPSA) is 94.8 Å². The number of rotatable bonds is 6. The van der Waals surface area contributed by atoms with Gasteiger partial charge in [0.25, 0.3) is 0 Å². The van der Waals surface area contributed by atoms with Crippen LogP contribution in [0.15, 0.2) is 51.7 Å². The number of amides is 1. The van der Waals surface area contributed by atoms with E-state index < -0.39 is 5.63 Å². The molecule has 0 fully saturated rings. The van der Waals surface area contributed by atoms with Gasteiger partial charge in [-0.1, -0.05) is 0 Å². The number of Topliss-reactive ketones (excluding diaryl/α,β-unsaturated/α-hetero) is 1. The molecule has 1 heterocycles. The first-order valence-electron chi connectivity index (χ1n) is 8.53. The Morgan fingerprint density at radius 2 is 1.82 bits per heavy atom. The average Bonchev–Trinajstić information content (AvgIpc) is 2.64. The van der Waals surface area contributed by atoms with Gasteiger partial charge < -0.3 is 19.2 Å². The summed E-state index contributed by atoms with van der Waals surface area (Å²) in [4.78, 5) is 34.6. The largest absolute Gasteiger partial charge is 0.493 e. The first-order chi connectivity index (χ1) is 13.4. The molecule has 0 spiro atoms. The first-order valence-corrected chi connectivity index (χ1v) is 8.53. The van der Waals surface area contributed by atoms with Gasteiger partial charge in [-0.3, -0.25) is 9.59 Å². The maximum atomic E-state index is 11.9. The quantitative estimate of drug-likeness (QED) is 0.518. The van der Waals surface area contributed by atoms with Crippen molar-refractivity contribution in [1.29, 1.82) is 0 Å². The van der Waals surface area contributed by atoms with Crippen molar-refractivity contribution in [3.05, 3.63) is 64.0 Å². The molecule has 0 saturated heterocycles. The Kier molecular flexibility index (Phi) is 5.44. The van der Waals surface area contributed by atoms with Crippen LogP contribution in [0.3, 0.4) is 0 Å². The third kappa shape index (κ3) is 4.20. The lowest BCUT2D eigenvalue weighted by Crippen LogP contribution is -2.07. The lowest BCUT2D eigenvalue weighted by molar-refractivity contribution is -0.114. The number of hydrogen-bond acceptors (Lipinski definition) is 6. The molecule has 1 N–H and O–H groups in total. The fourth-order valence-corrected chi connectivity index (χ4v) is 2.79. The summed E-state index contributed by atoms with van der Waals surface area (Å²) in [7, 11) is 1.49. The molecular formula is C21H19NO6. The Balaban J connectivity index is 1.91. The Hall–Kier alpha value is -3.61. The predicted molar refractivity (Wildman–Crippen MR) is 104 cm³/mol. The van der Waals surface area contributed by atoms with E-state index in [2.05, 4.69) is 5.32 Å². The highest BCUT2D eigenvalue weighted by Gasteiger charge is 2.12. The van der Waals surface area contributed by atoms with Gasteiger partial charge in [-0.05, 0) is 37.3 Å². The van der Waals surface area contributed by atoms with Gasteiger partial charge >= 0.3 is 5.63 Å².